The highest BCUT2D eigenvalue weighted by molar-refractivity contribution is 14.1. The summed E-state index contributed by atoms with van der Waals surface area (Å²) in [5.41, 5.74) is 2.69. The zero-order valence-electron chi connectivity index (χ0n) is 27.4. The van der Waals surface area contributed by atoms with E-state index in [-0.39, 0.29) is 48.2 Å². The highest BCUT2D eigenvalue weighted by atomic mass is 127. The van der Waals surface area contributed by atoms with Gasteiger partial charge in [0.05, 0.1) is 4.47 Å². The van der Waals surface area contributed by atoms with Crippen molar-refractivity contribution >= 4 is 68.6 Å². The lowest BCUT2D eigenvalue weighted by Gasteiger charge is -2.43. The standard InChI is InChI=1S/C35H43BrIN5O7/c36-27-21-23(8-9-30(27)43)22-31(32(44)39-16-11-25(12-17-39)41-15-4-3-7-29(41)33(45)49-37)48-35(47)40-18-13-26(14-19-40)42-20-10-24-5-1-2-6-28(24)38-34(42)46/h1-2,5-6,8-9,21,25-26,29,31,43H,3-4,7,10-20,22H2,(H,38,46)/t29-,31+/m0/s1. The number of rotatable bonds is 7. The molecule has 0 aromatic heterocycles. The third kappa shape index (κ3) is 8.44. The van der Waals surface area contributed by atoms with E-state index in [1.54, 1.807) is 51.0 Å². The quantitative estimate of drug-likeness (QED) is 0.350. The lowest BCUT2D eigenvalue weighted by molar-refractivity contribution is -0.145. The fourth-order valence-corrected chi connectivity index (χ4v) is 8.40. The Morgan fingerprint density at radius 3 is 2.37 bits per heavy atom. The van der Waals surface area contributed by atoms with Crippen molar-refractivity contribution in [2.45, 2.75) is 82.0 Å². The first-order valence-corrected chi connectivity index (χ1v) is 18.8. The molecule has 2 N–H and O–H groups in total. The number of fused-ring (bicyclic) bond motifs is 1. The van der Waals surface area contributed by atoms with E-state index in [0.29, 0.717) is 62.9 Å². The third-order valence-corrected chi connectivity index (χ3v) is 11.5. The van der Waals surface area contributed by atoms with Crippen molar-refractivity contribution in [2.75, 3.05) is 44.6 Å². The monoisotopic (exact) mass is 851 g/mol. The molecule has 264 valence electrons. The molecule has 0 aliphatic carbocycles. The minimum atomic E-state index is -1.05. The number of anilines is 1. The van der Waals surface area contributed by atoms with Crippen LogP contribution < -0.4 is 5.32 Å². The molecule has 0 spiro atoms. The van der Waals surface area contributed by atoms with Crippen LogP contribution in [0.3, 0.4) is 0 Å². The molecule has 4 heterocycles. The smallest absolute Gasteiger partial charge is 0.410 e. The molecule has 4 aliphatic rings. The van der Waals surface area contributed by atoms with Crippen LogP contribution in [0.25, 0.3) is 0 Å². The average Bonchev–Trinajstić information content (AvgIpc) is 3.30. The molecular weight excluding hydrogens is 809 g/mol. The summed E-state index contributed by atoms with van der Waals surface area (Å²) in [4.78, 5) is 60.7. The van der Waals surface area contributed by atoms with Crippen LogP contribution in [-0.2, 0) is 30.2 Å². The first-order chi connectivity index (χ1) is 23.7. The molecule has 12 nitrogen and oxygen atoms in total. The largest absolute Gasteiger partial charge is 0.507 e. The van der Waals surface area contributed by atoms with E-state index in [9.17, 15) is 24.3 Å². The zero-order valence-corrected chi connectivity index (χ0v) is 31.1. The van der Waals surface area contributed by atoms with E-state index in [4.69, 9.17) is 7.80 Å². The van der Waals surface area contributed by atoms with Crippen molar-refractivity contribution in [1.29, 1.82) is 0 Å². The molecule has 0 unspecified atom stereocenters. The number of nitrogens with zero attached hydrogens (tertiary/aromatic N) is 4. The number of benzene rings is 2. The van der Waals surface area contributed by atoms with Crippen LogP contribution in [0.4, 0.5) is 15.3 Å². The Balaban J connectivity index is 1.08. The summed E-state index contributed by atoms with van der Waals surface area (Å²) in [5, 5.41) is 13.1. The maximum Gasteiger partial charge on any atom is 0.410 e. The number of hydrogen-bond donors (Lipinski definition) is 2. The van der Waals surface area contributed by atoms with Crippen LogP contribution in [0, 0.1) is 0 Å². The van der Waals surface area contributed by atoms with Crippen molar-refractivity contribution in [3.05, 3.63) is 58.1 Å². The van der Waals surface area contributed by atoms with Gasteiger partial charge in [0, 0.05) is 56.9 Å². The van der Waals surface area contributed by atoms with Crippen molar-refractivity contribution < 1.29 is 32.1 Å². The predicted octanol–water partition coefficient (Wildman–Crippen LogP) is 5.50. The van der Waals surface area contributed by atoms with Gasteiger partial charge < -0.3 is 32.9 Å². The number of urea groups is 1. The topological polar surface area (TPSA) is 132 Å². The third-order valence-electron chi connectivity index (χ3n) is 10.4. The maximum absolute atomic E-state index is 14.0. The summed E-state index contributed by atoms with van der Waals surface area (Å²) >= 11 is 5.01. The fourth-order valence-electron chi connectivity index (χ4n) is 7.68. The second-order valence-corrected chi connectivity index (χ2v) is 14.6. The first-order valence-electron chi connectivity index (χ1n) is 17.2. The van der Waals surface area contributed by atoms with Gasteiger partial charge in [-0.25, -0.2) is 14.4 Å². The molecule has 0 saturated carbocycles. The molecule has 4 aliphatic heterocycles. The number of carbonyl (C=O) groups is 4. The molecule has 2 aromatic rings. The summed E-state index contributed by atoms with van der Waals surface area (Å²) < 4.78 is 11.5. The Hall–Kier alpha value is -3.11. The second-order valence-electron chi connectivity index (χ2n) is 13.3. The molecule has 2 aromatic carbocycles. The average molecular weight is 853 g/mol. The van der Waals surface area contributed by atoms with E-state index in [2.05, 4.69) is 26.1 Å². The molecule has 3 fully saturated rings. The highest BCUT2D eigenvalue weighted by Crippen LogP contribution is 2.30. The van der Waals surface area contributed by atoms with Crippen LogP contribution in [0.1, 0.15) is 56.1 Å². The van der Waals surface area contributed by atoms with E-state index in [1.807, 2.05) is 29.2 Å². The van der Waals surface area contributed by atoms with Crippen LogP contribution in [0.2, 0.25) is 0 Å². The SMILES string of the molecule is O=C(OI)[C@@H]1CCCCN1C1CCN(C(=O)[C@@H](Cc2ccc(O)c(Br)c2)OC(=O)N2CCC(N3CCc4ccccc4NC3=O)CC2)CC1. The number of piperidine rings is 3. The fraction of sp³-hybridized carbons (Fsp3) is 0.543. The minimum Gasteiger partial charge on any atom is -0.507 e. The van der Waals surface area contributed by atoms with Gasteiger partial charge in [-0.15, -0.1) is 0 Å². The van der Waals surface area contributed by atoms with Crippen molar-refractivity contribution in [2.24, 2.45) is 0 Å². The first kappa shape index (κ1) is 35.7. The van der Waals surface area contributed by atoms with Crippen molar-refractivity contribution in [3.63, 3.8) is 0 Å². The summed E-state index contributed by atoms with van der Waals surface area (Å²) in [6, 6.07) is 12.6. The molecular formula is C35H43BrIN5O7. The maximum atomic E-state index is 14.0. The second kappa shape index (κ2) is 16.3. The normalized spacial score (nSPS) is 21.7. The van der Waals surface area contributed by atoms with Crippen molar-refractivity contribution in [1.82, 2.24) is 19.6 Å². The Labute approximate surface area is 309 Å². The number of para-hydroxylation sites is 1. The van der Waals surface area contributed by atoms with Crippen LogP contribution in [0.15, 0.2) is 46.9 Å². The summed E-state index contributed by atoms with van der Waals surface area (Å²) in [6.45, 7) is 3.24. The Kier molecular flexibility index (Phi) is 11.9. The van der Waals surface area contributed by atoms with Crippen LogP contribution in [-0.4, -0.2) is 112 Å². The van der Waals surface area contributed by atoms with E-state index in [0.717, 1.165) is 49.0 Å². The van der Waals surface area contributed by atoms with Gasteiger partial charge >= 0.3 is 18.1 Å². The predicted molar refractivity (Wildman–Crippen MR) is 194 cm³/mol. The number of hydrogen-bond acceptors (Lipinski definition) is 8. The van der Waals surface area contributed by atoms with E-state index < -0.39 is 12.2 Å². The lowest BCUT2D eigenvalue weighted by Crippen LogP contribution is -2.55. The number of phenolic OH excluding ortho intramolecular Hbond substituents is 1. The van der Waals surface area contributed by atoms with Gasteiger partial charge in [0.1, 0.15) is 11.8 Å². The van der Waals surface area contributed by atoms with Gasteiger partial charge in [-0.3, -0.25) is 9.69 Å². The summed E-state index contributed by atoms with van der Waals surface area (Å²) in [6.07, 6.45) is 4.76. The Bertz CT molecular complexity index is 1530. The number of nitrogens with one attached hydrogen (secondary N) is 1. The zero-order chi connectivity index (χ0) is 34.5. The molecule has 4 amide bonds. The minimum absolute atomic E-state index is 0.00957. The van der Waals surface area contributed by atoms with Gasteiger partial charge in [-0.1, -0.05) is 30.7 Å². The highest BCUT2D eigenvalue weighted by Gasteiger charge is 2.39. The number of likely N-dealkylation sites (tertiary alicyclic amines) is 3. The van der Waals surface area contributed by atoms with Gasteiger partial charge in [0.15, 0.2) is 29.1 Å². The van der Waals surface area contributed by atoms with Crippen molar-refractivity contribution in [3.8, 4) is 5.75 Å². The molecule has 0 bridgehead atoms. The van der Waals surface area contributed by atoms with Gasteiger partial charge in [-0.05, 0) is 96.7 Å². The summed E-state index contributed by atoms with van der Waals surface area (Å²) in [5.74, 6) is -0.387. The number of ether oxygens (including phenoxy) is 1. The molecule has 6 rings (SSSR count). The number of aromatic hydroxyl groups is 1. The van der Waals surface area contributed by atoms with Crippen LogP contribution >= 0.6 is 38.9 Å². The molecule has 2 atom stereocenters. The Morgan fingerprint density at radius 1 is 0.918 bits per heavy atom. The number of halogens is 2. The van der Waals surface area contributed by atoms with Gasteiger partial charge in [0.25, 0.3) is 5.91 Å². The van der Waals surface area contributed by atoms with Gasteiger partial charge in [0.2, 0.25) is 0 Å². The Morgan fingerprint density at radius 2 is 1.63 bits per heavy atom. The number of amides is 4. The molecule has 3 saturated heterocycles. The molecule has 49 heavy (non-hydrogen) atoms. The molecule has 14 heteroatoms. The lowest BCUT2D eigenvalue weighted by atomic mass is 9.94. The van der Waals surface area contributed by atoms with E-state index >= 15 is 0 Å². The van der Waals surface area contributed by atoms with Gasteiger partial charge in [-0.2, -0.15) is 0 Å². The summed E-state index contributed by atoms with van der Waals surface area (Å²) in [7, 11) is 0. The number of carbonyl (C=O) groups excluding carboxylic acids is 4. The molecule has 0 radical (unpaired) electrons. The number of phenols is 1. The van der Waals surface area contributed by atoms with E-state index in [1.165, 1.54) is 0 Å². The van der Waals surface area contributed by atoms with Crippen LogP contribution in [0.5, 0.6) is 5.75 Å².